The quantitative estimate of drug-likeness (QED) is 0.907. The molecule has 0 saturated carbocycles. The molecule has 1 aromatic carbocycles. The average molecular weight is 293 g/mol. The monoisotopic (exact) mass is 292 g/mol. The zero-order chi connectivity index (χ0) is 14.7. The lowest BCUT2D eigenvalue weighted by atomic mass is 9.86. The fourth-order valence-corrected chi connectivity index (χ4v) is 2.42. The summed E-state index contributed by atoms with van der Waals surface area (Å²) in [4.78, 5) is 11.5. The van der Waals surface area contributed by atoms with Crippen LogP contribution in [0.1, 0.15) is 31.7 Å². The topological polar surface area (TPSA) is 46.5 Å². The van der Waals surface area contributed by atoms with Crippen molar-refractivity contribution >= 4 is 17.4 Å². The van der Waals surface area contributed by atoms with Crippen LogP contribution in [-0.2, 0) is 9.53 Å². The molecule has 3 nitrogen and oxygen atoms in total. The highest BCUT2D eigenvalue weighted by atomic mass is 35.5. The predicted molar refractivity (Wildman–Crippen MR) is 78.9 cm³/mol. The van der Waals surface area contributed by atoms with E-state index in [-0.39, 0.29) is 17.5 Å². The third-order valence-electron chi connectivity index (χ3n) is 3.31. The van der Waals surface area contributed by atoms with Gasteiger partial charge in [-0.15, -0.1) is 0 Å². The Kier molecular flexibility index (Phi) is 4.50. The summed E-state index contributed by atoms with van der Waals surface area (Å²) in [6.07, 6.45) is 1.92. The molecule has 1 aromatic rings. The molecule has 0 aliphatic carbocycles. The molecule has 106 valence electrons. The van der Waals surface area contributed by atoms with E-state index in [0.29, 0.717) is 23.8 Å². The van der Waals surface area contributed by atoms with E-state index in [4.69, 9.17) is 16.3 Å². The molecule has 0 spiro atoms. The molecule has 1 atom stereocenters. The number of ketones is 1. The number of aliphatic hydroxyl groups excluding tert-OH is 1. The van der Waals surface area contributed by atoms with E-state index in [1.54, 1.807) is 32.1 Å². The third-order valence-corrected chi connectivity index (χ3v) is 3.56. The maximum absolute atomic E-state index is 11.5. The van der Waals surface area contributed by atoms with Crippen molar-refractivity contribution in [3.63, 3.8) is 0 Å². The van der Waals surface area contributed by atoms with Gasteiger partial charge in [0, 0.05) is 29.0 Å². The first-order valence-corrected chi connectivity index (χ1v) is 6.83. The first-order chi connectivity index (χ1) is 9.47. The van der Waals surface area contributed by atoms with Crippen molar-refractivity contribution in [3.8, 4) is 0 Å². The number of aliphatic hydroxyl groups is 1. The molecular formula is C16H17ClO3. The normalized spacial score (nSPS) is 16.4. The van der Waals surface area contributed by atoms with Gasteiger partial charge in [-0.25, -0.2) is 0 Å². The van der Waals surface area contributed by atoms with Gasteiger partial charge >= 0.3 is 0 Å². The minimum atomic E-state index is -0.186. The van der Waals surface area contributed by atoms with Crippen LogP contribution in [-0.4, -0.2) is 17.5 Å². The average Bonchev–Trinajstić information content (AvgIpc) is 2.37. The van der Waals surface area contributed by atoms with Gasteiger partial charge in [0.15, 0.2) is 0 Å². The molecule has 2 rings (SSSR count). The van der Waals surface area contributed by atoms with Gasteiger partial charge in [0.2, 0.25) is 0 Å². The van der Waals surface area contributed by atoms with Crippen molar-refractivity contribution in [2.24, 2.45) is 0 Å². The van der Waals surface area contributed by atoms with Crippen LogP contribution < -0.4 is 0 Å². The first-order valence-electron chi connectivity index (χ1n) is 6.45. The highest BCUT2D eigenvalue weighted by Crippen LogP contribution is 2.33. The SMILES string of the molecule is CC(=O)CC(C1=C(O)C=C(C)OC1)c1ccc(Cl)cc1. The number of hydrogen-bond acceptors (Lipinski definition) is 3. The summed E-state index contributed by atoms with van der Waals surface area (Å²) in [6.45, 7) is 3.63. The molecule has 1 heterocycles. The van der Waals surface area contributed by atoms with E-state index < -0.39 is 0 Å². The van der Waals surface area contributed by atoms with Crippen LogP contribution in [0, 0.1) is 0 Å². The Morgan fingerprint density at radius 1 is 1.40 bits per heavy atom. The molecule has 0 aromatic heterocycles. The van der Waals surface area contributed by atoms with Crippen LogP contribution in [0.4, 0.5) is 0 Å². The second-order valence-corrected chi connectivity index (χ2v) is 5.40. The fourth-order valence-electron chi connectivity index (χ4n) is 2.30. The number of benzene rings is 1. The lowest BCUT2D eigenvalue weighted by Crippen LogP contribution is -2.16. The second kappa shape index (κ2) is 6.14. The Bertz CT molecular complexity index is 570. The molecule has 1 unspecified atom stereocenters. The third kappa shape index (κ3) is 3.42. The Balaban J connectivity index is 2.40. The number of allylic oxidation sites excluding steroid dienone is 2. The van der Waals surface area contributed by atoms with Crippen molar-refractivity contribution in [3.05, 3.63) is 58.0 Å². The summed E-state index contributed by atoms with van der Waals surface area (Å²) in [5.74, 6) is 0.740. The van der Waals surface area contributed by atoms with Crippen molar-refractivity contribution in [2.75, 3.05) is 6.61 Å². The molecular weight excluding hydrogens is 276 g/mol. The van der Waals surface area contributed by atoms with Gasteiger partial charge in [0.05, 0.1) is 5.76 Å². The fraction of sp³-hybridized carbons (Fsp3) is 0.312. The highest BCUT2D eigenvalue weighted by Gasteiger charge is 2.24. The van der Waals surface area contributed by atoms with Crippen LogP contribution in [0.3, 0.4) is 0 Å². The summed E-state index contributed by atoms with van der Waals surface area (Å²) < 4.78 is 5.47. The number of carbonyl (C=O) groups excluding carboxylic acids is 1. The summed E-state index contributed by atoms with van der Waals surface area (Å²) in [5.41, 5.74) is 1.68. The first kappa shape index (κ1) is 14.7. The van der Waals surface area contributed by atoms with E-state index in [2.05, 4.69) is 0 Å². The Morgan fingerprint density at radius 2 is 2.05 bits per heavy atom. The molecule has 1 aliphatic rings. The zero-order valence-corrected chi connectivity index (χ0v) is 12.3. The number of hydrogen-bond donors (Lipinski definition) is 1. The van der Waals surface area contributed by atoms with E-state index in [0.717, 1.165) is 11.1 Å². The van der Waals surface area contributed by atoms with Gasteiger partial charge in [-0.1, -0.05) is 23.7 Å². The molecule has 0 fully saturated rings. The van der Waals surface area contributed by atoms with Crippen LogP contribution in [0.5, 0.6) is 0 Å². The molecule has 1 aliphatic heterocycles. The van der Waals surface area contributed by atoms with Crippen molar-refractivity contribution in [1.29, 1.82) is 0 Å². The van der Waals surface area contributed by atoms with Crippen LogP contribution >= 0.6 is 11.6 Å². The van der Waals surface area contributed by atoms with Crippen molar-refractivity contribution < 1.29 is 14.6 Å². The lowest BCUT2D eigenvalue weighted by molar-refractivity contribution is -0.117. The maximum atomic E-state index is 11.5. The highest BCUT2D eigenvalue weighted by molar-refractivity contribution is 6.30. The number of Topliss-reactive ketones (excluding diaryl/α,β-unsaturated/α-hetero) is 1. The predicted octanol–water partition coefficient (Wildman–Crippen LogP) is 4.15. The van der Waals surface area contributed by atoms with Gasteiger partial charge in [-0.2, -0.15) is 0 Å². The molecule has 4 heteroatoms. The van der Waals surface area contributed by atoms with Crippen molar-refractivity contribution in [1.82, 2.24) is 0 Å². The molecule has 1 N–H and O–H groups in total. The number of ether oxygens (including phenoxy) is 1. The van der Waals surface area contributed by atoms with E-state index in [1.165, 1.54) is 0 Å². The molecule has 20 heavy (non-hydrogen) atoms. The second-order valence-electron chi connectivity index (χ2n) is 4.96. The van der Waals surface area contributed by atoms with Crippen molar-refractivity contribution in [2.45, 2.75) is 26.2 Å². The Morgan fingerprint density at radius 3 is 2.60 bits per heavy atom. The van der Waals surface area contributed by atoms with E-state index in [9.17, 15) is 9.90 Å². The largest absolute Gasteiger partial charge is 0.508 e. The van der Waals surface area contributed by atoms with Gasteiger partial charge < -0.3 is 9.84 Å². The lowest BCUT2D eigenvalue weighted by Gasteiger charge is -2.24. The van der Waals surface area contributed by atoms with Gasteiger partial charge in [-0.3, -0.25) is 4.79 Å². The van der Waals surface area contributed by atoms with Gasteiger partial charge in [-0.05, 0) is 31.5 Å². The van der Waals surface area contributed by atoms with Crippen LogP contribution in [0.25, 0.3) is 0 Å². The number of carbonyl (C=O) groups is 1. The number of halogens is 1. The van der Waals surface area contributed by atoms with E-state index in [1.807, 2.05) is 12.1 Å². The zero-order valence-electron chi connectivity index (χ0n) is 11.5. The standard InChI is InChI=1S/C16H17ClO3/c1-10(18)7-14(12-3-5-13(17)6-4-12)15-9-20-11(2)8-16(15)19/h3-6,8,14,19H,7,9H2,1-2H3. The number of rotatable bonds is 4. The molecule has 0 bridgehead atoms. The minimum absolute atomic E-state index is 0.0662. The van der Waals surface area contributed by atoms with E-state index >= 15 is 0 Å². The summed E-state index contributed by atoms with van der Waals surface area (Å²) in [7, 11) is 0. The minimum Gasteiger partial charge on any atom is -0.508 e. The summed E-state index contributed by atoms with van der Waals surface area (Å²) in [5, 5.41) is 10.8. The molecule has 0 amide bonds. The molecule has 0 radical (unpaired) electrons. The van der Waals surface area contributed by atoms with Crippen LogP contribution in [0.2, 0.25) is 5.02 Å². The smallest absolute Gasteiger partial charge is 0.130 e. The van der Waals surface area contributed by atoms with Gasteiger partial charge in [0.25, 0.3) is 0 Å². The van der Waals surface area contributed by atoms with Gasteiger partial charge in [0.1, 0.15) is 18.1 Å². The van der Waals surface area contributed by atoms with Crippen LogP contribution in [0.15, 0.2) is 47.4 Å². The summed E-state index contributed by atoms with van der Waals surface area (Å²) >= 11 is 5.89. The Labute approximate surface area is 123 Å². The Hall–Kier alpha value is -1.74. The molecule has 0 saturated heterocycles. The maximum Gasteiger partial charge on any atom is 0.130 e. The summed E-state index contributed by atoms with van der Waals surface area (Å²) in [6, 6.07) is 7.32.